The van der Waals surface area contributed by atoms with Crippen LogP contribution in [0.25, 0.3) is 0 Å². The Morgan fingerprint density at radius 1 is 1.21 bits per heavy atom. The van der Waals surface area contributed by atoms with Crippen molar-refractivity contribution in [2.24, 2.45) is 11.8 Å². The van der Waals surface area contributed by atoms with Crippen molar-refractivity contribution in [3.63, 3.8) is 0 Å². The molecule has 3 aliphatic heterocycles. The summed E-state index contributed by atoms with van der Waals surface area (Å²) in [5.41, 5.74) is -0.876. The molecular formula is C38H54ClN3O10. The fraction of sp³-hybridized carbons (Fsp3) is 0.632. The number of methoxy groups -OCH3 is 2. The molecule has 7 unspecified atom stereocenters. The first-order valence-electron chi connectivity index (χ1n) is 17.7. The number of nitrogens with one attached hydrogen (secondary N) is 1. The summed E-state index contributed by atoms with van der Waals surface area (Å²) >= 11 is 6.75. The first kappa shape index (κ1) is 41.1. The summed E-state index contributed by atoms with van der Waals surface area (Å²) in [6, 6.07) is 2.64. The molecule has 0 saturated carbocycles. The third-order valence-corrected chi connectivity index (χ3v) is 10.8. The fourth-order valence-electron chi connectivity index (χ4n) is 6.81. The smallest absolute Gasteiger partial charge is 0.409 e. The van der Waals surface area contributed by atoms with Gasteiger partial charge in [-0.2, -0.15) is 0 Å². The topological polar surface area (TPSA) is 156 Å². The predicted molar refractivity (Wildman–Crippen MR) is 195 cm³/mol. The molecule has 14 heteroatoms. The molecule has 2 N–H and O–H groups in total. The minimum atomic E-state index is -1.82. The van der Waals surface area contributed by atoms with E-state index in [-0.39, 0.29) is 30.2 Å². The number of halogens is 1. The van der Waals surface area contributed by atoms with Gasteiger partial charge in [0, 0.05) is 40.0 Å². The number of esters is 1. The Hall–Kier alpha value is -3.65. The van der Waals surface area contributed by atoms with Crippen LogP contribution in [0.2, 0.25) is 5.02 Å². The molecule has 13 nitrogen and oxygen atoms in total. The second kappa shape index (κ2) is 16.6. The van der Waals surface area contributed by atoms with Crippen molar-refractivity contribution in [2.45, 2.75) is 115 Å². The Bertz CT molecular complexity index is 1580. The van der Waals surface area contributed by atoms with Gasteiger partial charge in [-0.1, -0.05) is 56.2 Å². The Morgan fingerprint density at radius 2 is 1.90 bits per heavy atom. The molecule has 4 rings (SSSR count). The van der Waals surface area contributed by atoms with Crippen LogP contribution in [-0.2, 0) is 39.8 Å². The summed E-state index contributed by atoms with van der Waals surface area (Å²) in [5, 5.41) is 14.5. The zero-order chi connectivity index (χ0) is 38.7. The lowest BCUT2D eigenvalue weighted by Crippen LogP contribution is -2.63. The molecule has 3 heterocycles. The average Bonchev–Trinajstić information content (AvgIpc) is 3.79. The molecule has 3 amide bonds. The maximum absolute atomic E-state index is 14.1. The predicted octanol–water partition coefficient (Wildman–Crippen LogP) is 4.95. The van der Waals surface area contributed by atoms with E-state index in [1.807, 2.05) is 26.8 Å². The van der Waals surface area contributed by atoms with Gasteiger partial charge in [-0.3, -0.25) is 14.9 Å². The van der Waals surface area contributed by atoms with Crippen molar-refractivity contribution in [1.82, 2.24) is 10.2 Å². The van der Waals surface area contributed by atoms with E-state index in [0.29, 0.717) is 30.2 Å². The van der Waals surface area contributed by atoms with E-state index in [1.54, 1.807) is 59.2 Å². The number of amides is 3. The van der Waals surface area contributed by atoms with Gasteiger partial charge in [-0.05, 0) is 57.2 Å². The normalized spacial score (nSPS) is 31.7. The van der Waals surface area contributed by atoms with Gasteiger partial charge in [0.1, 0.15) is 40.7 Å². The fourth-order valence-corrected chi connectivity index (χ4v) is 7.12. The number of carbonyl (C=O) groups excluding carboxylic acids is 4. The van der Waals surface area contributed by atoms with Gasteiger partial charge in [0.05, 0.1) is 25.3 Å². The second-order valence-electron chi connectivity index (χ2n) is 14.8. The van der Waals surface area contributed by atoms with Crippen LogP contribution in [0.4, 0.5) is 10.5 Å². The van der Waals surface area contributed by atoms with E-state index in [2.05, 4.69) is 5.32 Å². The molecule has 2 fully saturated rings. The Labute approximate surface area is 311 Å². The number of ether oxygens (including phenoxy) is 5. The number of nitrogens with zero attached hydrogens (tertiary/aromatic N) is 2. The largest absolute Gasteiger partial charge is 0.495 e. The van der Waals surface area contributed by atoms with Gasteiger partial charge in [0.2, 0.25) is 11.8 Å². The molecule has 2 saturated heterocycles. The van der Waals surface area contributed by atoms with Crippen LogP contribution in [0.3, 0.4) is 0 Å². The number of epoxide rings is 1. The van der Waals surface area contributed by atoms with Gasteiger partial charge in [-0.25, -0.2) is 9.59 Å². The lowest BCUT2D eigenvalue weighted by Gasteiger charge is -2.42. The number of rotatable bonds is 8. The van der Waals surface area contributed by atoms with Crippen LogP contribution in [-0.4, -0.2) is 104 Å². The summed E-state index contributed by atoms with van der Waals surface area (Å²) in [6.45, 7) is 11.1. The van der Waals surface area contributed by atoms with Crippen molar-refractivity contribution in [1.29, 1.82) is 0 Å². The van der Waals surface area contributed by atoms with Gasteiger partial charge < -0.3 is 38.6 Å². The lowest BCUT2D eigenvalue weighted by atomic mass is 9.83. The number of anilines is 1. The van der Waals surface area contributed by atoms with Crippen molar-refractivity contribution in [3.05, 3.63) is 46.5 Å². The number of hydrogen-bond acceptors (Lipinski definition) is 10. The highest BCUT2D eigenvalue weighted by Gasteiger charge is 2.64. The van der Waals surface area contributed by atoms with Crippen LogP contribution in [0.5, 0.6) is 5.75 Å². The van der Waals surface area contributed by atoms with Gasteiger partial charge >= 0.3 is 12.1 Å². The highest BCUT2D eigenvalue weighted by molar-refractivity contribution is 6.35. The minimum Gasteiger partial charge on any atom is -0.495 e. The zero-order valence-corrected chi connectivity index (χ0v) is 32.6. The molecule has 0 radical (unpaired) electrons. The van der Waals surface area contributed by atoms with Crippen molar-refractivity contribution in [2.75, 3.05) is 33.2 Å². The first-order chi connectivity index (χ1) is 24.3. The average molecular weight is 748 g/mol. The number of fused-ring (bicyclic) bond motifs is 5. The highest BCUT2D eigenvalue weighted by atomic mass is 35.5. The molecule has 8 atom stereocenters. The van der Waals surface area contributed by atoms with Crippen molar-refractivity contribution < 1.29 is 48.0 Å². The SMILES string of the molecule is COc1cc2cc(c1Cl)N(C)C(=O)CC(OC(=O)[C@H](C)N(C)C(=O)CCC(C)C)C1(C)OC1C(C)C1CC(O)(NC(=O)O1)C(OC)/C=C/C=C(\C)C2. The molecule has 1 aromatic carbocycles. The van der Waals surface area contributed by atoms with E-state index in [0.717, 1.165) is 11.1 Å². The third-order valence-electron chi connectivity index (χ3n) is 10.5. The molecule has 1 aromatic rings. The number of hydrogen-bond donors (Lipinski definition) is 2. The van der Waals surface area contributed by atoms with Crippen molar-refractivity contribution in [3.8, 4) is 5.75 Å². The summed E-state index contributed by atoms with van der Waals surface area (Å²) in [7, 11) is 6.06. The molecule has 52 heavy (non-hydrogen) atoms. The zero-order valence-electron chi connectivity index (χ0n) is 31.9. The Balaban J connectivity index is 1.75. The Kier molecular flexibility index (Phi) is 13.1. The number of allylic oxidation sites excluding steroid dienone is 3. The lowest BCUT2D eigenvalue weighted by molar-refractivity contribution is -0.162. The summed E-state index contributed by atoms with van der Waals surface area (Å²) < 4.78 is 29.2. The standard InChI is InChI=1S/C38H54ClN3O10/c1-21(2)14-15-31(43)41(7)24(5)35(45)51-30-19-32(44)42(8)26-17-25(18-27(48-9)33(26)39)16-22(3)12-11-13-29(49-10)38(47)20-28(50-36(46)40-38)23(4)34-37(30,6)52-34/h11-13,17-18,21,23-24,28-30,34,47H,14-16,19-20H2,1-10H3,(H,40,46)/b13-11+,22-12+/t23?,24-,28?,29?,30?,34?,37?,38?/m0/s1. The van der Waals surface area contributed by atoms with Crippen LogP contribution in [0.1, 0.15) is 72.8 Å². The molecule has 3 aliphatic rings. The Morgan fingerprint density at radius 3 is 2.54 bits per heavy atom. The van der Waals surface area contributed by atoms with Crippen molar-refractivity contribution >= 4 is 41.2 Å². The third kappa shape index (κ3) is 9.10. The molecule has 0 spiro atoms. The van der Waals surface area contributed by atoms with E-state index < -0.39 is 65.7 Å². The van der Waals surface area contributed by atoms with Gasteiger partial charge in [0.15, 0.2) is 5.72 Å². The van der Waals surface area contributed by atoms with E-state index in [1.165, 1.54) is 24.0 Å². The molecule has 288 valence electrons. The number of carbonyl (C=O) groups is 4. The molecular weight excluding hydrogens is 694 g/mol. The second-order valence-corrected chi connectivity index (χ2v) is 15.2. The first-order valence-corrected chi connectivity index (χ1v) is 18.1. The molecule has 0 aliphatic carbocycles. The van der Waals surface area contributed by atoms with Crippen LogP contribution >= 0.6 is 11.6 Å². The molecule has 4 bridgehead atoms. The van der Waals surface area contributed by atoms with Crippen LogP contribution in [0.15, 0.2) is 35.9 Å². The minimum absolute atomic E-state index is 0.0437. The maximum atomic E-state index is 14.1. The number of aliphatic hydroxyl groups is 1. The van der Waals surface area contributed by atoms with Gasteiger partial charge in [-0.15, -0.1) is 0 Å². The van der Waals surface area contributed by atoms with Gasteiger partial charge in [0.25, 0.3) is 0 Å². The number of benzene rings is 1. The summed E-state index contributed by atoms with van der Waals surface area (Å²) in [5.74, 6) is -1.16. The summed E-state index contributed by atoms with van der Waals surface area (Å²) in [6.07, 6.45) is 1.97. The number of likely N-dealkylation sites (N-methyl/N-ethyl adjacent to an activating group) is 1. The summed E-state index contributed by atoms with van der Waals surface area (Å²) in [4.78, 5) is 56.3. The quantitative estimate of drug-likeness (QED) is 0.276. The van der Waals surface area contributed by atoms with E-state index in [9.17, 15) is 24.3 Å². The van der Waals surface area contributed by atoms with E-state index >= 15 is 0 Å². The monoisotopic (exact) mass is 747 g/mol. The van der Waals surface area contributed by atoms with E-state index in [4.69, 9.17) is 35.3 Å². The van der Waals surface area contributed by atoms with Crippen LogP contribution in [0, 0.1) is 11.8 Å². The maximum Gasteiger partial charge on any atom is 0.409 e. The highest BCUT2D eigenvalue weighted by Crippen LogP contribution is 2.49. The number of alkyl carbamates (subject to hydrolysis) is 1. The molecule has 0 aromatic heterocycles. The van der Waals surface area contributed by atoms with Crippen LogP contribution < -0.4 is 15.0 Å².